The molecule has 2 fully saturated rings. The standard InChI is InChI=1S/C21H28F2O2/c1-2-3-4-5-15-13-24-21(25-14-15)17-8-6-16(7-9-17)18-10-11-19(22)20(23)12-18/h2,10-12,15-17,21H,1,3-9,13-14H2/t15-,16-,17-,21-. The van der Waals surface area contributed by atoms with E-state index >= 15 is 0 Å². The SMILES string of the molecule is C=CCCC[C@H]1CO[C@H]([C@H]2CC[C@H](c3ccc(F)c(F)c3)CC2)OC1. The van der Waals surface area contributed by atoms with Crippen molar-refractivity contribution in [2.45, 2.75) is 57.2 Å². The first-order chi connectivity index (χ1) is 12.2. The van der Waals surface area contributed by atoms with Crippen molar-refractivity contribution in [1.82, 2.24) is 0 Å². The molecule has 4 heteroatoms. The Morgan fingerprint density at radius 2 is 1.76 bits per heavy atom. The predicted octanol–water partition coefficient (Wildman–Crippen LogP) is 5.58. The fourth-order valence-electron chi connectivity index (χ4n) is 4.04. The van der Waals surface area contributed by atoms with E-state index in [0.717, 1.165) is 63.7 Å². The van der Waals surface area contributed by atoms with Crippen molar-refractivity contribution in [2.24, 2.45) is 11.8 Å². The lowest BCUT2D eigenvalue weighted by molar-refractivity contribution is -0.229. The maximum atomic E-state index is 13.4. The van der Waals surface area contributed by atoms with Gasteiger partial charge in [-0.1, -0.05) is 12.1 Å². The number of hydrogen-bond acceptors (Lipinski definition) is 2. The van der Waals surface area contributed by atoms with Crippen LogP contribution in [0.25, 0.3) is 0 Å². The number of rotatable bonds is 6. The highest BCUT2D eigenvalue weighted by molar-refractivity contribution is 5.22. The molecule has 0 N–H and O–H groups in total. The average molecular weight is 350 g/mol. The number of halogens is 2. The van der Waals surface area contributed by atoms with Gasteiger partial charge in [0.05, 0.1) is 13.2 Å². The minimum atomic E-state index is -0.774. The van der Waals surface area contributed by atoms with E-state index in [1.165, 1.54) is 12.1 Å². The highest BCUT2D eigenvalue weighted by Crippen LogP contribution is 2.39. The molecule has 3 rings (SSSR count). The molecular weight excluding hydrogens is 322 g/mol. The Morgan fingerprint density at radius 1 is 1.04 bits per heavy atom. The summed E-state index contributed by atoms with van der Waals surface area (Å²) in [5.41, 5.74) is 0.908. The summed E-state index contributed by atoms with van der Waals surface area (Å²) in [6.45, 7) is 5.32. The van der Waals surface area contributed by atoms with Gasteiger partial charge in [-0.25, -0.2) is 8.78 Å². The molecule has 0 aromatic heterocycles. The fraction of sp³-hybridized carbons (Fsp3) is 0.619. The van der Waals surface area contributed by atoms with Crippen LogP contribution in [-0.4, -0.2) is 19.5 Å². The molecule has 1 aromatic carbocycles. The zero-order valence-corrected chi connectivity index (χ0v) is 14.8. The summed E-state index contributed by atoms with van der Waals surface area (Å²) in [5, 5.41) is 0. The van der Waals surface area contributed by atoms with E-state index < -0.39 is 11.6 Å². The van der Waals surface area contributed by atoms with Crippen LogP contribution in [0.1, 0.15) is 56.4 Å². The van der Waals surface area contributed by atoms with Gasteiger partial charge in [-0.3, -0.25) is 0 Å². The van der Waals surface area contributed by atoms with Crippen molar-refractivity contribution in [1.29, 1.82) is 0 Å². The van der Waals surface area contributed by atoms with Gasteiger partial charge >= 0.3 is 0 Å². The van der Waals surface area contributed by atoms with Crippen LogP contribution < -0.4 is 0 Å². The third kappa shape index (κ3) is 4.89. The molecule has 2 aliphatic rings. The van der Waals surface area contributed by atoms with E-state index in [-0.39, 0.29) is 6.29 Å². The molecule has 1 aromatic rings. The molecule has 0 bridgehead atoms. The summed E-state index contributed by atoms with van der Waals surface area (Å²) in [6, 6.07) is 4.29. The summed E-state index contributed by atoms with van der Waals surface area (Å²) in [7, 11) is 0. The lowest BCUT2D eigenvalue weighted by atomic mass is 9.78. The van der Waals surface area contributed by atoms with E-state index in [2.05, 4.69) is 6.58 Å². The zero-order valence-electron chi connectivity index (χ0n) is 14.8. The van der Waals surface area contributed by atoms with Gasteiger partial charge in [0.1, 0.15) is 0 Å². The average Bonchev–Trinajstić information content (AvgIpc) is 2.65. The Kier molecular flexibility index (Phi) is 6.60. The quantitative estimate of drug-likeness (QED) is 0.492. The summed E-state index contributed by atoms with van der Waals surface area (Å²) >= 11 is 0. The van der Waals surface area contributed by atoms with Crippen molar-refractivity contribution >= 4 is 0 Å². The van der Waals surface area contributed by atoms with E-state index in [9.17, 15) is 8.78 Å². The van der Waals surface area contributed by atoms with Gasteiger partial charge in [-0.05, 0) is 68.6 Å². The second kappa shape index (κ2) is 8.91. The Balaban J connectivity index is 1.43. The van der Waals surface area contributed by atoms with Gasteiger partial charge in [0.25, 0.3) is 0 Å². The molecule has 1 saturated heterocycles. The molecule has 1 aliphatic heterocycles. The van der Waals surface area contributed by atoms with Gasteiger partial charge in [0.2, 0.25) is 0 Å². The monoisotopic (exact) mass is 350 g/mol. The molecular formula is C21H28F2O2. The summed E-state index contributed by atoms with van der Waals surface area (Å²) in [5.74, 6) is -0.308. The van der Waals surface area contributed by atoms with E-state index in [4.69, 9.17) is 9.47 Å². The molecule has 25 heavy (non-hydrogen) atoms. The lowest BCUT2D eigenvalue weighted by Crippen LogP contribution is -2.38. The first-order valence-corrected chi connectivity index (χ1v) is 9.46. The highest BCUT2D eigenvalue weighted by Gasteiger charge is 2.32. The Labute approximate surface area is 149 Å². The second-order valence-electron chi connectivity index (χ2n) is 7.41. The minimum absolute atomic E-state index is 0.0958. The van der Waals surface area contributed by atoms with Crippen molar-refractivity contribution in [3.63, 3.8) is 0 Å². The lowest BCUT2D eigenvalue weighted by Gasteiger charge is -2.37. The van der Waals surface area contributed by atoms with Gasteiger partial charge in [-0.15, -0.1) is 6.58 Å². The number of benzene rings is 1. The molecule has 0 radical (unpaired) electrons. The predicted molar refractivity (Wildman–Crippen MR) is 94.3 cm³/mol. The number of ether oxygens (including phenoxy) is 2. The second-order valence-corrected chi connectivity index (χ2v) is 7.41. The van der Waals surface area contributed by atoms with Crippen LogP contribution >= 0.6 is 0 Å². The molecule has 1 saturated carbocycles. The third-order valence-electron chi connectivity index (χ3n) is 5.58. The van der Waals surface area contributed by atoms with Gasteiger partial charge < -0.3 is 9.47 Å². The number of allylic oxidation sites excluding steroid dienone is 1. The molecule has 0 spiro atoms. The van der Waals surface area contributed by atoms with Crippen LogP contribution in [-0.2, 0) is 9.47 Å². The Hall–Kier alpha value is -1.26. The number of hydrogen-bond donors (Lipinski definition) is 0. The molecule has 2 nitrogen and oxygen atoms in total. The van der Waals surface area contributed by atoms with Gasteiger partial charge in [0, 0.05) is 11.8 Å². The maximum absolute atomic E-state index is 13.4. The molecule has 0 atom stereocenters. The van der Waals surface area contributed by atoms with Crippen LogP contribution in [0.3, 0.4) is 0 Å². The summed E-state index contributed by atoms with van der Waals surface area (Å²) in [4.78, 5) is 0. The van der Waals surface area contributed by atoms with Gasteiger partial charge in [0.15, 0.2) is 17.9 Å². The number of unbranched alkanes of at least 4 members (excludes halogenated alkanes) is 1. The van der Waals surface area contributed by atoms with E-state index in [0.29, 0.717) is 17.8 Å². The smallest absolute Gasteiger partial charge is 0.160 e. The molecule has 1 heterocycles. The van der Waals surface area contributed by atoms with Crippen molar-refractivity contribution in [3.05, 3.63) is 48.1 Å². The summed E-state index contributed by atoms with van der Waals surface area (Å²) in [6.07, 6.45) is 9.15. The first kappa shape index (κ1) is 18.5. The normalized spacial score (nSPS) is 30.2. The Bertz CT molecular complexity index is 559. The van der Waals surface area contributed by atoms with Crippen LogP contribution in [0.2, 0.25) is 0 Å². The van der Waals surface area contributed by atoms with Crippen molar-refractivity contribution < 1.29 is 18.3 Å². The van der Waals surface area contributed by atoms with Crippen LogP contribution in [0.15, 0.2) is 30.9 Å². The first-order valence-electron chi connectivity index (χ1n) is 9.46. The molecule has 1 aliphatic carbocycles. The van der Waals surface area contributed by atoms with Crippen LogP contribution in [0.4, 0.5) is 8.78 Å². The molecule has 0 unspecified atom stereocenters. The van der Waals surface area contributed by atoms with Crippen LogP contribution in [0, 0.1) is 23.5 Å². The van der Waals surface area contributed by atoms with Crippen molar-refractivity contribution in [2.75, 3.05) is 13.2 Å². The topological polar surface area (TPSA) is 18.5 Å². The zero-order chi connectivity index (χ0) is 17.6. The molecule has 138 valence electrons. The van der Waals surface area contributed by atoms with E-state index in [1.807, 2.05) is 6.08 Å². The maximum Gasteiger partial charge on any atom is 0.160 e. The highest BCUT2D eigenvalue weighted by atomic mass is 19.2. The van der Waals surface area contributed by atoms with Crippen LogP contribution in [0.5, 0.6) is 0 Å². The van der Waals surface area contributed by atoms with E-state index in [1.54, 1.807) is 6.07 Å². The summed E-state index contributed by atoms with van der Waals surface area (Å²) < 4.78 is 38.5. The van der Waals surface area contributed by atoms with Gasteiger partial charge in [-0.2, -0.15) is 0 Å². The fourth-order valence-corrected chi connectivity index (χ4v) is 4.04. The largest absolute Gasteiger partial charge is 0.352 e. The van der Waals surface area contributed by atoms with Crippen molar-refractivity contribution in [3.8, 4) is 0 Å². The third-order valence-corrected chi connectivity index (χ3v) is 5.58. The minimum Gasteiger partial charge on any atom is -0.352 e. The Morgan fingerprint density at radius 3 is 2.40 bits per heavy atom. The molecule has 0 amide bonds.